The maximum atomic E-state index is 10.5. The largest absolute Gasteiger partial charge is 0.375 e. The molecule has 0 rings (SSSR count). The van der Waals surface area contributed by atoms with E-state index < -0.39 is 5.91 Å². The second-order valence-corrected chi connectivity index (χ2v) is 2.41. The van der Waals surface area contributed by atoms with Crippen molar-refractivity contribution in [3.63, 3.8) is 0 Å². The summed E-state index contributed by atoms with van der Waals surface area (Å²) >= 11 is 0. The van der Waals surface area contributed by atoms with Gasteiger partial charge in [-0.15, -0.1) is 6.42 Å². The van der Waals surface area contributed by atoms with Gasteiger partial charge in [-0.3, -0.25) is 4.79 Å². The Balaban J connectivity index is 3.18. The van der Waals surface area contributed by atoms with E-state index in [1.165, 1.54) is 0 Å². The van der Waals surface area contributed by atoms with Crippen molar-refractivity contribution in [3.05, 3.63) is 12.2 Å². The van der Waals surface area contributed by atoms with Crippen molar-refractivity contribution in [2.45, 2.75) is 6.92 Å². The van der Waals surface area contributed by atoms with E-state index in [2.05, 4.69) is 11.9 Å². The normalized spacial score (nSPS) is 8.67. The average molecular weight is 167 g/mol. The van der Waals surface area contributed by atoms with Crippen LogP contribution in [0.3, 0.4) is 0 Å². The summed E-state index contributed by atoms with van der Waals surface area (Å²) in [5.74, 6) is 1.53. The Morgan fingerprint density at radius 3 is 2.92 bits per heavy atom. The van der Waals surface area contributed by atoms with Gasteiger partial charge >= 0.3 is 0 Å². The Morgan fingerprint density at radius 1 is 1.75 bits per heavy atom. The average Bonchev–Trinajstić information content (AvgIpc) is 2.03. The molecule has 0 fully saturated rings. The molecule has 0 aliphatic heterocycles. The van der Waals surface area contributed by atoms with Crippen LogP contribution in [0.4, 0.5) is 0 Å². The van der Waals surface area contributed by atoms with Gasteiger partial charge in [0, 0.05) is 6.54 Å². The summed E-state index contributed by atoms with van der Waals surface area (Å²) in [6.45, 7) is 6.95. The fraction of sp³-hybridized carbons (Fsp3) is 0.444. The van der Waals surface area contributed by atoms with Gasteiger partial charge in [-0.05, 0) is 12.8 Å². The van der Waals surface area contributed by atoms with Gasteiger partial charge in [0.2, 0.25) is 0 Å². The van der Waals surface area contributed by atoms with Crippen LogP contribution in [-0.2, 0) is 9.53 Å². The first kappa shape index (κ1) is 10.7. The topological polar surface area (TPSA) is 38.3 Å². The predicted octanol–water partition coefficient (Wildman–Crippen LogP) is 0.329. The second kappa shape index (κ2) is 6.44. The van der Waals surface area contributed by atoms with E-state index in [0.29, 0.717) is 19.8 Å². The highest BCUT2D eigenvalue weighted by Crippen LogP contribution is 1.86. The van der Waals surface area contributed by atoms with Gasteiger partial charge in [-0.25, -0.2) is 0 Å². The van der Waals surface area contributed by atoms with Crippen molar-refractivity contribution in [3.8, 4) is 12.3 Å². The van der Waals surface area contributed by atoms with E-state index in [1.807, 2.05) is 12.8 Å². The van der Waals surface area contributed by atoms with E-state index in [4.69, 9.17) is 11.2 Å². The molecule has 0 saturated carbocycles. The maximum Gasteiger partial charge on any atom is 0.295 e. The third kappa shape index (κ3) is 6.84. The first-order valence-electron chi connectivity index (χ1n) is 3.63. The van der Waals surface area contributed by atoms with Gasteiger partial charge < -0.3 is 10.1 Å². The molecule has 0 spiro atoms. The van der Waals surface area contributed by atoms with Crippen molar-refractivity contribution in [2.24, 2.45) is 0 Å². The lowest BCUT2D eigenvalue weighted by Crippen LogP contribution is -2.25. The lowest BCUT2D eigenvalue weighted by atomic mass is 10.4. The molecule has 66 valence electrons. The number of hydrogen-bond acceptors (Lipinski definition) is 2. The summed E-state index contributed by atoms with van der Waals surface area (Å²) in [4.78, 5) is 10.5. The molecule has 0 radical (unpaired) electrons. The van der Waals surface area contributed by atoms with Crippen LogP contribution < -0.4 is 5.32 Å². The Kier molecular flexibility index (Phi) is 5.76. The second-order valence-electron chi connectivity index (χ2n) is 2.41. The number of carbonyl (C=O) groups is 1. The summed E-state index contributed by atoms with van der Waals surface area (Å²) in [6.07, 6.45) is 4.82. The number of nitrogens with one attached hydrogen (secondary N) is 1. The molecule has 0 aliphatic rings. The molecule has 3 nitrogen and oxygen atoms in total. The number of rotatable bonds is 5. The van der Waals surface area contributed by atoms with Gasteiger partial charge in [0.15, 0.2) is 0 Å². The first-order valence-corrected chi connectivity index (χ1v) is 3.63. The van der Waals surface area contributed by atoms with Crippen molar-refractivity contribution in [1.82, 2.24) is 5.32 Å². The quantitative estimate of drug-likeness (QED) is 0.364. The molecule has 0 heterocycles. The van der Waals surface area contributed by atoms with Crippen molar-refractivity contribution in [1.29, 1.82) is 0 Å². The van der Waals surface area contributed by atoms with Gasteiger partial charge in [0.1, 0.15) is 0 Å². The van der Waals surface area contributed by atoms with E-state index in [1.54, 1.807) is 0 Å². The SMILES string of the molecule is C#CC(=O)NCCOCC(=C)C. The molecule has 0 atom stereocenters. The Bertz CT molecular complexity index is 203. The van der Waals surface area contributed by atoms with Gasteiger partial charge in [-0.1, -0.05) is 12.2 Å². The van der Waals surface area contributed by atoms with Crippen molar-refractivity contribution < 1.29 is 9.53 Å². The monoisotopic (exact) mass is 167 g/mol. The number of carbonyl (C=O) groups excluding carboxylic acids is 1. The highest BCUT2D eigenvalue weighted by atomic mass is 16.5. The molecular formula is C9H13NO2. The van der Waals surface area contributed by atoms with Crippen LogP contribution in [0.1, 0.15) is 6.92 Å². The zero-order chi connectivity index (χ0) is 9.40. The van der Waals surface area contributed by atoms with Crippen LogP contribution in [0.25, 0.3) is 0 Å². The highest BCUT2D eigenvalue weighted by Gasteiger charge is 1.92. The third-order valence-corrected chi connectivity index (χ3v) is 1.01. The minimum Gasteiger partial charge on any atom is -0.375 e. The molecule has 0 bridgehead atoms. The molecule has 0 unspecified atom stereocenters. The van der Waals surface area contributed by atoms with Gasteiger partial charge in [0.05, 0.1) is 13.2 Å². The summed E-state index contributed by atoms with van der Waals surface area (Å²) in [5, 5.41) is 2.48. The van der Waals surface area contributed by atoms with Crippen LogP contribution >= 0.6 is 0 Å². The molecule has 12 heavy (non-hydrogen) atoms. The lowest BCUT2D eigenvalue weighted by Gasteiger charge is -2.02. The molecule has 0 saturated heterocycles. The Hall–Kier alpha value is -1.27. The molecule has 0 aromatic rings. The molecular weight excluding hydrogens is 154 g/mol. The summed E-state index contributed by atoms with van der Waals surface area (Å²) in [5.41, 5.74) is 0.957. The molecule has 0 aromatic heterocycles. The molecule has 0 aliphatic carbocycles. The zero-order valence-corrected chi connectivity index (χ0v) is 7.22. The van der Waals surface area contributed by atoms with Crippen LogP contribution in [0, 0.1) is 12.3 Å². The van der Waals surface area contributed by atoms with Crippen molar-refractivity contribution >= 4 is 5.91 Å². The number of terminal acetylenes is 1. The molecule has 1 N–H and O–H groups in total. The minimum atomic E-state index is -0.408. The van der Waals surface area contributed by atoms with Crippen LogP contribution in [-0.4, -0.2) is 25.7 Å². The smallest absolute Gasteiger partial charge is 0.295 e. The molecule has 1 amide bonds. The van der Waals surface area contributed by atoms with Gasteiger partial charge in [-0.2, -0.15) is 0 Å². The standard InChI is InChI=1S/C9H13NO2/c1-4-9(11)10-5-6-12-7-8(2)3/h1H,2,5-7H2,3H3,(H,10,11). The van der Waals surface area contributed by atoms with Crippen LogP contribution in [0.2, 0.25) is 0 Å². The summed E-state index contributed by atoms with van der Waals surface area (Å²) in [6, 6.07) is 0. The maximum absolute atomic E-state index is 10.5. The predicted molar refractivity (Wildman–Crippen MR) is 47.5 cm³/mol. The minimum absolute atomic E-state index is 0.408. The number of ether oxygens (including phenoxy) is 1. The van der Waals surface area contributed by atoms with Crippen molar-refractivity contribution in [2.75, 3.05) is 19.8 Å². The fourth-order valence-corrected chi connectivity index (χ4v) is 0.534. The highest BCUT2D eigenvalue weighted by molar-refractivity contribution is 5.92. The Labute approximate surface area is 72.8 Å². The van der Waals surface area contributed by atoms with E-state index in [-0.39, 0.29) is 0 Å². The number of amides is 1. The van der Waals surface area contributed by atoms with Crippen LogP contribution in [0.15, 0.2) is 12.2 Å². The molecule has 0 aromatic carbocycles. The summed E-state index contributed by atoms with van der Waals surface area (Å²) in [7, 11) is 0. The van der Waals surface area contributed by atoms with E-state index in [9.17, 15) is 4.79 Å². The molecule has 3 heteroatoms. The lowest BCUT2D eigenvalue weighted by molar-refractivity contribution is -0.115. The summed E-state index contributed by atoms with van der Waals surface area (Å²) < 4.78 is 5.11. The van der Waals surface area contributed by atoms with Crippen LogP contribution in [0.5, 0.6) is 0 Å². The Morgan fingerprint density at radius 2 is 2.42 bits per heavy atom. The van der Waals surface area contributed by atoms with E-state index >= 15 is 0 Å². The fourth-order valence-electron chi connectivity index (χ4n) is 0.534. The number of hydrogen-bond donors (Lipinski definition) is 1. The third-order valence-electron chi connectivity index (χ3n) is 1.01. The first-order chi connectivity index (χ1) is 5.66. The van der Waals surface area contributed by atoms with Gasteiger partial charge in [0.25, 0.3) is 5.91 Å². The zero-order valence-electron chi connectivity index (χ0n) is 7.22. The van der Waals surface area contributed by atoms with E-state index in [0.717, 1.165) is 5.57 Å².